The molecule has 0 unspecified atom stereocenters. The van der Waals surface area contributed by atoms with Gasteiger partial charge in [0.05, 0.1) is 20.3 Å². The Morgan fingerprint density at radius 1 is 1.12 bits per heavy atom. The summed E-state index contributed by atoms with van der Waals surface area (Å²) in [5.41, 5.74) is 9.70. The molecule has 0 bridgehead atoms. The van der Waals surface area contributed by atoms with Crippen molar-refractivity contribution >= 4 is 7.82 Å². The average Bonchev–Trinajstić information content (AvgIpc) is 3.18. The number of fused-ring (bicyclic) bond motifs is 1. The number of rotatable bonds is 8. The topological polar surface area (TPSA) is 111 Å². The lowest BCUT2D eigenvalue weighted by Gasteiger charge is -2.27. The molecule has 1 fully saturated rings. The molecule has 0 heterocycles. The molecule has 0 aromatic heterocycles. The molecule has 2 aliphatic rings. The van der Waals surface area contributed by atoms with Crippen LogP contribution in [0.25, 0.3) is 0 Å². The van der Waals surface area contributed by atoms with Crippen molar-refractivity contribution in [3.63, 3.8) is 0 Å². The van der Waals surface area contributed by atoms with Gasteiger partial charge in [0.25, 0.3) is 0 Å². The summed E-state index contributed by atoms with van der Waals surface area (Å²) in [6.45, 7) is 0.569. The van der Waals surface area contributed by atoms with Gasteiger partial charge in [-0.05, 0) is 79.2 Å². The number of benzene rings is 2. The molecule has 174 valence electrons. The highest BCUT2D eigenvalue weighted by atomic mass is 31.2. The van der Waals surface area contributed by atoms with Crippen LogP contribution in [0.4, 0.5) is 0 Å². The molecule has 4 N–H and O–H groups in total. The van der Waals surface area contributed by atoms with Crippen molar-refractivity contribution in [1.29, 1.82) is 0 Å². The second-order valence-corrected chi connectivity index (χ2v) is 10.4. The summed E-state index contributed by atoms with van der Waals surface area (Å²) in [6, 6.07) is 14.4. The minimum absolute atomic E-state index is 0.117. The molecular weight excluding hydrogens is 429 g/mol. The largest absolute Gasteiger partial charge is 0.497 e. The van der Waals surface area contributed by atoms with E-state index < -0.39 is 13.4 Å². The molecule has 4 rings (SSSR count). The Bertz CT molecular complexity index is 992. The third kappa shape index (κ3) is 5.91. The van der Waals surface area contributed by atoms with Crippen molar-refractivity contribution in [3.05, 3.63) is 59.2 Å². The zero-order chi connectivity index (χ0) is 22.8. The van der Waals surface area contributed by atoms with Gasteiger partial charge in [-0.15, -0.1) is 0 Å². The van der Waals surface area contributed by atoms with Crippen LogP contribution in [0.3, 0.4) is 0 Å². The number of aryl methyl sites for hydroxylation is 1. The van der Waals surface area contributed by atoms with E-state index in [1.165, 1.54) is 16.7 Å². The molecule has 2 aromatic rings. The fraction of sp³-hybridized carbons (Fsp3) is 0.500. The molecule has 0 aliphatic heterocycles. The van der Waals surface area contributed by atoms with Crippen molar-refractivity contribution in [1.82, 2.24) is 0 Å². The maximum Gasteiger partial charge on any atom is 0.469 e. The van der Waals surface area contributed by atoms with E-state index in [0.29, 0.717) is 31.3 Å². The van der Waals surface area contributed by atoms with Crippen LogP contribution in [0, 0.1) is 5.92 Å². The summed E-state index contributed by atoms with van der Waals surface area (Å²) in [7, 11) is -2.85. The Balaban J connectivity index is 1.34. The highest BCUT2D eigenvalue weighted by molar-refractivity contribution is 7.46. The Morgan fingerprint density at radius 3 is 2.72 bits per heavy atom. The molecule has 3 atom stereocenters. The van der Waals surface area contributed by atoms with E-state index in [1.807, 2.05) is 24.3 Å². The zero-order valence-electron chi connectivity index (χ0n) is 18.4. The summed E-state index contributed by atoms with van der Waals surface area (Å²) in [5, 5.41) is 0. The summed E-state index contributed by atoms with van der Waals surface area (Å²) in [4.78, 5) is 17.9. The van der Waals surface area contributed by atoms with Gasteiger partial charge < -0.3 is 25.0 Å². The van der Waals surface area contributed by atoms with Crippen LogP contribution in [-0.4, -0.2) is 35.6 Å². The number of ether oxygens (including phenoxy) is 2. The van der Waals surface area contributed by atoms with Gasteiger partial charge >= 0.3 is 7.82 Å². The summed E-state index contributed by atoms with van der Waals surface area (Å²) in [6.07, 6.45) is 5.37. The van der Waals surface area contributed by atoms with Crippen molar-refractivity contribution < 1.29 is 28.3 Å². The maximum absolute atomic E-state index is 11.0. The predicted molar refractivity (Wildman–Crippen MR) is 122 cm³/mol. The minimum atomic E-state index is -4.50. The van der Waals surface area contributed by atoms with E-state index in [9.17, 15) is 4.57 Å². The first kappa shape index (κ1) is 23.3. The number of hydrogen-bond donors (Lipinski definition) is 3. The zero-order valence-corrected chi connectivity index (χ0v) is 19.3. The standard InChI is InChI=1S/C24H32NO6P/c1-29-22-3-2-4-23(13-22)30-15-17-5-6-19-12-20(8-7-18(19)11-17)21-9-10-24(25,14-21)16-31-32(26,27)28/h2-4,7-8,12-13,17,21H,5-6,9-11,14-16,25H2,1H3,(H2,26,27,28)/t17-,21-,24+/m1/s1. The van der Waals surface area contributed by atoms with Crippen LogP contribution < -0.4 is 15.2 Å². The van der Waals surface area contributed by atoms with Crippen LogP contribution in [0.2, 0.25) is 0 Å². The molecular formula is C24H32NO6P. The Labute approximate surface area is 189 Å². The molecule has 0 spiro atoms. The van der Waals surface area contributed by atoms with Gasteiger partial charge in [0.1, 0.15) is 11.5 Å². The van der Waals surface area contributed by atoms with Crippen molar-refractivity contribution in [2.45, 2.75) is 50.0 Å². The third-order valence-electron chi connectivity index (χ3n) is 6.72. The highest BCUT2D eigenvalue weighted by Crippen LogP contribution is 2.44. The van der Waals surface area contributed by atoms with Crippen molar-refractivity contribution in [3.8, 4) is 11.5 Å². The molecule has 8 heteroatoms. The Morgan fingerprint density at radius 2 is 1.94 bits per heavy atom. The summed E-state index contributed by atoms with van der Waals surface area (Å²) >= 11 is 0. The monoisotopic (exact) mass is 461 g/mol. The number of methoxy groups -OCH3 is 1. The Kier molecular flexibility index (Phi) is 6.94. The van der Waals surface area contributed by atoms with E-state index in [2.05, 4.69) is 18.2 Å². The van der Waals surface area contributed by atoms with Crippen LogP contribution in [0.15, 0.2) is 42.5 Å². The van der Waals surface area contributed by atoms with E-state index >= 15 is 0 Å². The molecule has 0 saturated heterocycles. The third-order valence-corrected chi connectivity index (χ3v) is 7.19. The lowest BCUT2D eigenvalue weighted by molar-refractivity contribution is 0.153. The molecule has 0 amide bonds. The fourth-order valence-corrected chi connectivity index (χ4v) is 5.36. The van der Waals surface area contributed by atoms with Gasteiger partial charge in [0, 0.05) is 11.6 Å². The maximum atomic E-state index is 11.0. The van der Waals surface area contributed by atoms with Crippen LogP contribution in [-0.2, 0) is 21.9 Å². The quantitative estimate of drug-likeness (QED) is 0.511. The molecule has 1 saturated carbocycles. The number of phosphoric ester groups is 1. The average molecular weight is 461 g/mol. The van der Waals surface area contributed by atoms with Gasteiger partial charge in [-0.1, -0.05) is 24.3 Å². The second kappa shape index (κ2) is 9.54. The van der Waals surface area contributed by atoms with E-state index in [0.717, 1.165) is 37.2 Å². The minimum Gasteiger partial charge on any atom is -0.497 e. The van der Waals surface area contributed by atoms with Crippen LogP contribution in [0.5, 0.6) is 11.5 Å². The normalized spacial score (nSPS) is 25.4. The molecule has 2 aromatic carbocycles. The Hall–Kier alpha value is -1.89. The molecule has 0 radical (unpaired) electrons. The molecule has 2 aliphatic carbocycles. The van der Waals surface area contributed by atoms with Gasteiger partial charge in [-0.25, -0.2) is 4.57 Å². The second-order valence-electron chi connectivity index (χ2n) is 9.19. The number of hydrogen-bond acceptors (Lipinski definition) is 5. The highest BCUT2D eigenvalue weighted by Gasteiger charge is 2.38. The van der Waals surface area contributed by atoms with Gasteiger partial charge in [0.15, 0.2) is 0 Å². The summed E-state index contributed by atoms with van der Waals surface area (Å²) in [5.74, 6) is 2.40. The van der Waals surface area contributed by atoms with Gasteiger partial charge in [-0.2, -0.15) is 0 Å². The first-order valence-electron chi connectivity index (χ1n) is 11.1. The number of phosphoric acid groups is 1. The van der Waals surface area contributed by atoms with Crippen molar-refractivity contribution in [2.24, 2.45) is 11.7 Å². The number of nitrogens with two attached hydrogens (primary N) is 1. The SMILES string of the molecule is COc1cccc(OC[C@@H]2CCc3cc([C@@H]4CC[C@@](N)(COP(=O)(O)O)C4)ccc3C2)c1. The van der Waals surface area contributed by atoms with Gasteiger partial charge in [-0.3, -0.25) is 4.52 Å². The first-order chi connectivity index (χ1) is 15.2. The lowest BCUT2D eigenvalue weighted by atomic mass is 9.82. The van der Waals surface area contributed by atoms with Gasteiger partial charge in [0.2, 0.25) is 0 Å². The van der Waals surface area contributed by atoms with E-state index in [1.54, 1.807) is 7.11 Å². The fourth-order valence-electron chi connectivity index (χ4n) is 4.94. The van der Waals surface area contributed by atoms with Crippen molar-refractivity contribution in [2.75, 3.05) is 20.3 Å². The van der Waals surface area contributed by atoms with E-state index in [4.69, 9.17) is 29.5 Å². The summed E-state index contributed by atoms with van der Waals surface area (Å²) < 4.78 is 27.0. The van der Waals surface area contributed by atoms with E-state index in [-0.39, 0.29) is 6.61 Å². The molecule has 32 heavy (non-hydrogen) atoms. The molecule has 7 nitrogen and oxygen atoms in total. The lowest BCUT2D eigenvalue weighted by Crippen LogP contribution is -2.41. The first-order valence-corrected chi connectivity index (χ1v) is 12.6. The van der Waals surface area contributed by atoms with Crippen LogP contribution >= 0.6 is 7.82 Å². The predicted octanol–water partition coefficient (Wildman–Crippen LogP) is 3.95. The van der Waals surface area contributed by atoms with Crippen LogP contribution in [0.1, 0.15) is 48.3 Å². The smallest absolute Gasteiger partial charge is 0.469 e.